The Morgan fingerprint density at radius 2 is 1.85 bits per heavy atom. The lowest BCUT2D eigenvalue weighted by molar-refractivity contribution is -0.131. The Kier molecular flexibility index (Phi) is 4.20. The van der Waals surface area contributed by atoms with E-state index in [9.17, 15) is 9.59 Å². The molecule has 1 fully saturated rings. The molecule has 0 saturated carbocycles. The van der Waals surface area contributed by atoms with Crippen LogP contribution in [0, 0.1) is 0 Å². The van der Waals surface area contributed by atoms with Crippen molar-refractivity contribution in [3.8, 4) is 0 Å². The lowest BCUT2D eigenvalue weighted by atomic mass is 10.2. The lowest BCUT2D eigenvalue weighted by Gasteiger charge is -2.34. The number of piperazine rings is 1. The maximum absolute atomic E-state index is 12.7. The van der Waals surface area contributed by atoms with Gasteiger partial charge in [0, 0.05) is 50.3 Å². The Morgan fingerprint density at radius 3 is 2.54 bits per heavy atom. The van der Waals surface area contributed by atoms with Crippen LogP contribution in [0.5, 0.6) is 0 Å². The first kappa shape index (κ1) is 16.4. The van der Waals surface area contributed by atoms with Crippen LogP contribution in [0.2, 0.25) is 0 Å². The third-order valence-corrected chi connectivity index (χ3v) is 4.79. The molecular weight excluding hydrogens is 330 g/mol. The van der Waals surface area contributed by atoms with E-state index in [4.69, 9.17) is 0 Å². The summed E-state index contributed by atoms with van der Waals surface area (Å²) in [4.78, 5) is 31.9. The van der Waals surface area contributed by atoms with E-state index >= 15 is 0 Å². The number of H-pyrrole nitrogens is 1. The predicted molar refractivity (Wildman–Crippen MR) is 97.7 cm³/mol. The van der Waals surface area contributed by atoms with Gasteiger partial charge in [0.1, 0.15) is 5.69 Å². The van der Waals surface area contributed by atoms with Crippen molar-refractivity contribution >= 4 is 22.7 Å². The van der Waals surface area contributed by atoms with E-state index in [0.717, 1.165) is 16.5 Å². The lowest BCUT2D eigenvalue weighted by Crippen LogP contribution is -2.51. The number of hydrogen-bond acceptors (Lipinski definition) is 3. The highest BCUT2D eigenvalue weighted by Gasteiger charge is 2.25. The van der Waals surface area contributed by atoms with Gasteiger partial charge < -0.3 is 14.8 Å². The van der Waals surface area contributed by atoms with Crippen molar-refractivity contribution < 1.29 is 9.59 Å². The Hall–Kier alpha value is -3.09. The summed E-state index contributed by atoms with van der Waals surface area (Å²) in [6.07, 6.45) is 3.92. The molecule has 134 valence electrons. The Labute approximate surface area is 151 Å². The molecule has 1 saturated heterocycles. The SMILES string of the molecule is Cn1cc(CC(=O)N2CCN(C(=O)c3cc4ccccc4[nH]3)CC2)cn1. The number of nitrogens with one attached hydrogen (secondary N) is 1. The fourth-order valence-corrected chi connectivity index (χ4v) is 3.37. The molecule has 7 nitrogen and oxygen atoms in total. The summed E-state index contributed by atoms with van der Waals surface area (Å²) in [6.45, 7) is 2.22. The van der Waals surface area contributed by atoms with Gasteiger partial charge in [0.15, 0.2) is 0 Å². The molecule has 3 heterocycles. The number of benzene rings is 1. The van der Waals surface area contributed by atoms with Crippen molar-refractivity contribution in [2.45, 2.75) is 6.42 Å². The zero-order valence-corrected chi connectivity index (χ0v) is 14.7. The molecular formula is C19H21N5O2. The molecule has 2 amide bonds. The van der Waals surface area contributed by atoms with E-state index in [0.29, 0.717) is 38.3 Å². The quantitative estimate of drug-likeness (QED) is 0.776. The van der Waals surface area contributed by atoms with Crippen molar-refractivity contribution in [2.24, 2.45) is 7.05 Å². The van der Waals surface area contributed by atoms with Crippen molar-refractivity contribution in [2.75, 3.05) is 26.2 Å². The molecule has 0 aliphatic carbocycles. The first-order valence-corrected chi connectivity index (χ1v) is 8.72. The largest absolute Gasteiger partial charge is 0.351 e. The van der Waals surface area contributed by atoms with Gasteiger partial charge in [-0.2, -0.15) is 5.10 Å². The number of fused-ring (bicyclic) bond motifs is 1. The average molecular weight is 351 g/mol. The number of aromatic amines is 1. The van der Waals surface area contributed by atoms with E-state index in [2.05, 4.69) is 10.1 Å². The number of carbonyl (C=O) groups excluding carboxylic acids is 2. The molecule has 0 atom stereocenters. The van der Waals surface area contributed by atoms with Crippen LogP contribution in [0.1, 0.15) is 16.1 Å². The van der Waals surface area contributed by atoms with E-state index < -0.39 is 0 Å². The number of carbonyl (C=O) groups is 2. The topological polar surface area (TPSA) is 74.2 Å². The molecule has 0 unspecified atom stereocenters. The summed E-state index contributed by atoms with van der Waals surface area (Å²) < 4.78 is 1.69. The molecule has 7 heteroatoms. The number of amides is 2. The van der Waals surface area contributed by atoms with Gasteiger partial charge >= 0.3 is 0 Å². The normalized spacial score (nSPS) is 14.8. The van der Waals surface area contributed by atoms with Crippen molar-refractivity contribution in [3.05, 3.63) is 54.0 Å². The monoisotopic (exact) mass is 351 g/mol. The molecule has 0 radical (unpaired) electrons. The highest BCUT2D eigenvalue weighted by molar-refractivity contribution is 5.98. The minimum Gasteiger partial charge on any atom is -0.351 e. The van der Waals surface area contributed by atoms with Crippen LogP contribution in [-0.2, 0) is 18.3 Å². The number of aromatic nitrogens is 3. The summed E-state index contributed by atoms with van der Waals surface area (Å²) in [7, 11) is 1.84. The maximum atomic E-state index is 12.7. The van der Waals surface area contributed by atoms with Crippen LogP contribution in [0.4, 0.5) is 0 Å². The number of rotatable bonds is 3. The van der Waals surface area contributed by atoms with Crippen LogP contribution in [0.15, 0.2) is 42.7 Å². The smallest absolute Gasteiger partial charge is 0.270 e. The molecule has 1 aliphatic rings. The molecule has 3 aromatic rings. The van der Waals surface area contributed by atoms with Crippen molar-refractivity contribution in [1.82, 2.24) is 24.6 Å². The Bertz CT molecular complexity index is 917. The second kappa shape index (κ2) is 6.67. The van der Waals surface area contributed by atoms with Crippen LogP contribution in [0.25, 0.3) is 10.9 Å². The summed E-state index contributed by atoms with van der Waals surface area (Å²) in [5, 5.41) is 5.12. The fourth-order valence-electron chi connectivity index (χ4n) is 3.37. The zero-order chi connectivity index (χ0) is 18.1. The molecule has 4 rings (SSSR count). The van der Waals surface area contributed by atoms with Gasteiger partial charge in [0.2, 0.25) is 5.91 Å². The molecule has 26 heavy (non-hydrogen) atoms. The molecule has 1 aliphatic heterocycles. The molecule has 1 N–H and O–H groups in total. The Morgan fingerprint density at radius 1 is 1.12 bits per heavy atom. The number of nitrogens with zero attached hydrogens (tertiary/aromatic N) is 4. The van der Waals surface area contributed by atoms with E-state index in [1.165, 1.54) is 0 Å². The third-order valence-electron chi connectivity index (χ3n) is 4.79. The number of para-hydroxylation sites is 1. The van der Waals surface area contributed by atoms with Crippen molar-refractivity contribution in [3.63, 3.8) is 0 Å². The fraction of sp³-hybridized carbons (Fsp3) is 0.316. The van der Waals surface area contributed by atoms with Crippen LogP contribution >= 0.6 is 0 Å². The summed E-state index contributed by atoms with van der Waals surface area (Å²) in [5.74, 6) is 0.0660. The first-order chi connectivity index (χ1) is 12.6. The summed E-state index contributed by atoms with van der Waals surface area (Å²) >= 11 is 0. The van der Waals surface area contributed by atoms with Gasteiger partial charge in [0.25, 0.3) is 5.91 Å². The van der Waals surface area contributed by atoms with Crippen LogP contribution in [0.3, 0.4) is 0 Å². The second-order valence-electron chi connectivity index (χ2n) is 6.64. The van der Waals surface area contributed by atoms with Crippen LogP contribution in [-0.4, -0.2) is 62.6 Å². The second-order valence-corrected chi connectivity index (χ2v) is 6.64. The standard InChI is InChI=1S/C19H21N5O2/c1-22-13-14(12-20-22)10-18(25)23-6-8-24(9-7-23)19(26)17-11-15-4-2-3-5-16(15)21-17/h2-5,11-13,21H,6-10H2,1H3. The van der Waals surface area contributed by atoms with Gasteiger partial charge in [-0.25, -0.2) is 0 Å². The summed E-state index contributed by atoms with van der Waals surface area (Å²) in [6, 6.07) is 9.73. The average Bonchev–Trinajstić information content (AvgIpc) is 3.27. The highest BCUT2D eigenvalue weighted by atomic mass is 16.2. The molecule has 0 spiro atoms. The van der Waals surface area contributed by atoms with E-state index in [-0.39, 0.29) is 11.8 Å². The van der Waals surface area contributed by atoms with Gasteiger partial charge in [0.05, 0.1) is 12.6 Å². The Balaban J connectivity index is 1.36. The van der Waals surface area contributed by atoms with Gasteiger partial charge in [-0.1, -0.05) is 18.2 Å². The predicted octanol–water partition coefficient (Wildman–Crippen LogP) is 1.43. The summed E-state index contributed by atoms with van der Waals surface area (Å²) in [5.41, 5.74) is 2.47. The molecule has 1 aromatic carbocycles. The number of hydrogen-bond donors (Lipinski definition) is 1. The molecule has 2 aromatic heterocycles. The minimum absolute atomic E-state index is 0.0134. The van der Waals surface area contributed by atoms with Crippen LogP contribution < -0.4 is 0 Å². The first-order valence-electron chi connectivity index (χ1n) is 8.72. The van der Waals surface area contributed by atoms with E-state index in [1.807, 2.05) is 48.5 Å². The third kappa shape index (κ3) is 3.20. The number of aryl methyl sites for hydroxylation is 1. The highest BCUT2D eigenvalue weighted by Crippen LogP contribution is 2.17. The van der Waals surface area contributed by atoms with Gasteiger partial charge in [-0.3, -0.25) is 14.3 Å². The van der Waals surface area contributed by atoms with Gasteiger partial charge in [-0.15, -0.1) is 0 Å². The molecule has 0 bridgehead atoms. The van der Waals surface area contributed by atoms with E-state index in [1.54, 1.807) is 15.8 Å². The minimum atomic E-state index is -0.0134. The maximum Gasteiger partial charge on any atom is 0.270 e. The van der Waals surface area contributed by atoms with Gasteiger partial charge in [-0.05, 0) is 17.7 Å². The zero-order valence-electron chi connectivity index (χ0n) is 14.7. The van der Waals surface area contributed by atoms with Crippen molar-refractivity contribution in [1.29, 1.82) is 0 Å².